The maximum absolute atomic E-state index is 12.0. The first-order chi connectivity index (χ1) is 9.52. The van der Waals surface area contributed by atoms with Gasteiger partial charge >= 0.3 is 0 Å². The van der Waals surface area contributed by atoms with Crippen molar-refractivity contribution in [2.24, 2.45) is 10.9 Å². The molecule has 0 fully saturated rings. The molecule has 0 aromatic heterocycles. The molecule has 0 saturated heterocycles. The monoisotopic (exact) mass is 288 g/mol. The molecule has 2 aromatic rings. The van der Waals surface area contributed by atoms with Crippen molar-refractivity contribution < 1.29 is 4.79 Å². The lowest BCUT2D eigenvalue weighted by Crippen LogP contribution is -2.41. The summed E-state index contributed by atoms with van der Waals surface area (Å²) in [6.07, 6.45) is 0. The topological polar surface area (TPSA) is 72.5 Å². The minimum Gasteiger partial charge on any atom is -0.367 e. The van der Waals surface area contributed by atoms with Crippen molar-refractivity contribution in [1.29, 1.82) is 0 Å². The van der Waals surface area contributed by atoms with Gasteiger partial charge in [0.2, 0.25) is 5.54 Å². The van der Waals surface area contributed by atoms with Crippen molar-refractivity contribution in [2.75, 3.05) is 0 Å². The molecule has 0 aliphatic heterocycles. The van der Waals surface area contributed by atoms with Crippen LogP contribution in [0.1, 0.15) is 16.7 Å². The Morgan fingerprint density at radius 3 is 2.35 bits per heavy atom. The quantitative estimate of drug-likeness (QED) is 0.878. The van der Waals surface area contributed by atoms with E-state index in [0.717, 1.165) is 0 Å². The SMILES string of the molecule is Cc1cc(Cl)ccc1C(N=O)(C(N)=O)c1ccccc1. The van der Waals surface area contributed by atoms with Crippen molar-refractivity contribution in [3.8, 4) is 0 Å². The number of primary amides is 1. The molecule has 0 heterocycles. The third-order valence-electron chi connectivity index (χ3n) is 3.26. The normalized spacial score (nSPS) is 13.5. The maximum Gasteiger partial charge on any atom is 0.258 e. The summed E-state index contributed by atoms with van der Waals surface area (Å²) in [7, 11) is 0. The summed E-state index contributed by atoms with van der Waals surface area (Å²) >= 11 is 5.91. The largest absolute Gasteiger partial charge is 0.367 e. The predicted molar refractivity (Wildman–Crippen MR) is 78.4 cm³/mol. The molecule has 5 heteroatoms. The van der Waals surface area contributed by atoms with Gasteiger partial charge in [-0.3, -0.25) is 4.79 Å². The number of rotatable bonds is 4. The van der Waals surface area contributed by atoms with Crippen LogP contribution in [-0.4, -0.2) is 5.91 Å². The molecule has 0 saturated carbocycles. The molecule has 1 atom stereocenters. The molecule has 0 aliphatic carbocycles. The Balaban J connectivity index is 2.77. The van der Waals surface area contributed by atoms with Gasteiger partial charge in [0.15, 0.2) is 0 Å². The Morgan fingerprint density at radius 1 is 1.20 bits per heavy atom. The fraction of sp³-hybridized carbons (Fsp3) is 0.133. The van der Waals surface area contributed by atoms with Gasteiger partial charge < -0.3 is 5.73 Å². The summed E-state index contributed by atoms with van der Waals surface area (Å²) in [4.78, 5) is 23.5. The second-order valence-corrected chi connectivity index (χ2v) is 4.93. The zero-order valence-corrected chi connectivity index (χ0v) is 11.6. The molecule has 0 spiro atoms. The first kappa shape index (κ1) is 14.2. The first-order valence-electron chi connectivity index (χ1n) is 5.99. The molecule has 4 nitrogen and oxygen atoms in total. The van der Waals surface area contributed by atoms with Crippen LogP contribution in [0.25, 0.3) is 0 Å². The van der Waals surface area contributed by atoms with Crippen LogP contribution in [0.2, 0.25) is 5.02 Å². The number of carbonyl (C=O) groups is 1. The number of amides is 1. The highest BCUT2D eigenvalue weighted by molar-refractivity contribution is 6.30. The van der Waals surface area contributed by atoms with Gasteiger partial charge in [-0.15, -0.1) is 4.91 Å². The number of nitroso groups, excluding NO2 is 1. The van der Waals surface area contributed by atoms with Crippen LogP contribution in [0, 0.1) is 11.8 Å². The highest BCUT2D eigenvalue weighted by Crippen LogP contribution is 2.36. The van der Waals surface area contributed by atoms with Gasteiger partial charge in [-0.2, -0.15) is 0 Å². The van der Waals surface area contributed by atoms with Gasteiger partial charge in [0.05, 0.1) is 0 Å². The molecular formula is C15H13ClN2O2. The Kier molecular flexibility index (Phi) is 3.86. The van der Waals surface area contributed by atoms with E-state index < -0.39 is 11.4 Å². The number of nitrogens with zero attached hydrogens (tertiary/aromatic N) is 1. The van der Waals surface area contributed by atoms with Crippen LogP contribution < -0.4 is 5.73 Å². The third-order valence-corrected chi connectivity index (χ3v) is 3.50. The molecule has 102 valence electrons. The zero-order chi connectivity index (χ0) is 14.8. The summed E-state index contributed by atoms with van der Waals surface area (Å²) in [5, 5.41) is 3.60. The third kappa shape index (κ3) is 2.18. The molecule has 0 bridgehead atoms. The highest BCUT2D eigenvalue weighted by atomic mass is 35.5. The van der Waals surface area contributed by atoms with Crippen molar-refractivity contribution >= 4 is 17.5 Å². The molecule has 0 aliphatic rings. The van der Waals surface area contributed by atoms with Gasteiger partial charge in [0.25, 0.3) is 5.91 Å². The molecule has 2 N–H and O–H groups in total. The minimum absolute atomic E-state index is 0.438. The second-order valence-electron chi connectivity index (χ2n) is 4.49. The summed E-state index contributed by atoms with van der Waals surface area (Å²) in [6, 6.07) is 13.4. The smallest absolute Gasteiger partial charge is 0.258 e. The molecule has 1 unspecified atom stereocenters. The number of hydrogen-bond acceptors (Lipinski definition) is 3. The lowest BCUT2D eigenvalue weighted by Gasteiger charge is -2.25. The van der Waals surface area contributed by atoms with Gasteiger partial charge in [-0.1, -0.05) is 48.0 Å². The van der Waals surface area contributed by atoms with Crippen molar-refractivity contribution in [3.05, 3.63) is 75.2 Å². The van der Waals surface area contributed by atoms with Crippen LogP contribution >= 0.6 is 11.6 Å². The predicted octanol–water partition coefficient (Wildman–Crippen LogP) is 3.14. The number of halogens is 1. The van der Waals surface area contributed by atoms with Crippen molar-refractivity contribution in [1.82, 2.24) is 0 Å². The van der Waals surface area contributed by atoms with Crippen molar-refractivity contribution in [3.63, 3.8) is 0 Å². The number of carbonyl (C=O) groups excluding carboxylic acids is 1. The lowest BCUT2D eigenvalue weighted by molar-refractivity contribution is -0.122. The van der Waals surface area contributed by atoms with Crippen LogP contribution in [-0.2, 0) is 10.3 Å². The molecular weight excluding hydrogens is 276 g/mol. The highest BCUT2D eigenvalue weighted by Gasteiger charge is 2.43. The molecule has 2 rings (SSSR count). The molecule has 0 radical (unpaired) electrons. The van der Waals surface area contributed by atoms with Crippen LogP contribution in [0.15, 0.2) is 53.7 Å². The minimum atomic E-state index is -1.74. The zero-order valence-electron chi connectivity index (χ0n) is 10.8. The molecule has 2 aromatic carbocycles. The Hall–Kier alpha value is -2.20. The summed E-state index contributed by atoms with van der Waals surface area (Å²) in [5.41, 5.74) is 5.31. The first-order valence-corrected chi connectivity index (χ1v) is 6.36. The van der Waals surface area contributed by atoms with Gasteiger partial charge in [0.1, 0.15) is 0 Å². The number of aryl methyl sites for hydroxylation is 1. The van der Waals surface area contributed by atoms with E-state index in [0.29, 0.717) is 21.7 Å². The maximum atomic E-state index is 12.0. The Bertz CT molecular complexity index is 658. The summed E-state index contributed by atoms with van der Waals surface area (Å²) in [5.74, 6) is -0.816. The van der Waals surface area contributed by atoms with E-state index >= 15 is 0 Å². The van der Waals surface area contributed by atoms with E-state index in [9.17, 15) is 9.70 Å². The van der Waals surface area contributed by atoms with E-state index in [1.54, 1.807) is 55.5 Å². The Morgan fingerprint density at radius 2 is 1.85 bits per heavy atom. The lowest BCUT2D eigenvalue weighted by atomic mass is 9.81. The van der Waals surface area contributed by atoms with E-state index in [4.69, 9.17) is 17.3 Å². The fourth-order valence-electron chi connectivity index (χ4n) is 2.29. The van der Waals surface area contributed by atoms with Crippen molar-refractivity contribution in [2.45, 2.75) is 12.5 Å². The number of hydrogen-bond donors (Lipinski definition) is 1. The number of nitrogens with two attached hydrogens (primary N) is 1. The Labute approximate surface area is 121 Å². The number of benzene rings is 2. The van der Waals surface area contributed by atoms with Gasteiger partial charge in [-0.05, 0) is 35.4 Å². The van der Waals surface area contributed by atoms with Crippen LogP contribution in [0.3, 0.4) is 0 Å². The average Bonchev–Trinajstić information content (AvgIpc) is 2.43. The van der Waals surface area contributed by atoms with Crippen LogP contribution in [0.5, 0.6) is 0 Å². The van der Waals surface area contributed by atoms with Gasteiger partial charge in [0, 0.05) is 10.6 Å². The average molecular weight is 289 g/mol. The van der Waals surface area contributed by atoms with E-state index in [2.05, 4.69) is 5.18 Å². The van der Waals surface area contributed by atoms with Gasteiger partial charge in [-0.25, -0.2) is 0 Å². The molecule has 1 amide bonds. The summed E-state index contributed by atoms with van der Waals surface area (Å²) < 4.78 is 0. The second kappa shape index (κ2) is 5.43. The summed E-state index contributed by atoms with van der Waals surface area (Å²) in [6.45, 7) is 1.76. The standard InChI is InChI=1S/C15H13ClN2O2/c1-10-9-12(16)7-8-13(10)15(18-20,14(17)19)11-5-3-2-4-6-11/h2-9H,1H3,(H2,17,19). The fourth-order valence-corrected chi connectivity index (χ4v) is 2.52. The van der Waals surface area contributed by atoms with E-state index in [1.807, 2.05) is 0 Å². The van der Waals surface area contributed by atoms with E-state index in [1.165, 1.54) is 0 Å². The molecule has 20 heavy (non-hydrogen) atoms. The van der Waals surface area contributed by atoms with Crippen LogP contribution in [0.4, 0.5) is 0 Å². The van der Waals surface area contributed by atoms with E-state index in [-0.39, 0.29) is 0 Å².